The van der Waals surface area contributed by atoms with Crippen LogP contribution in [0.25, 0.3) is 11.3 Å². The Morgan fingerprint density at radius 2 is 2.12 bits per heavy atom. The smallest absolute Gasteiger partial charge is 0.134 e. The molecule has 3 N–H and O–H groups in total. The molecule has 4 heteroatoms. The molecule has 0 fully saturated rings. The van der Waals surface area contributed by atoms with E-state index in [0.717, 1.165) is 17.1 Å². The molecule has 2 aromatic rings. The largest absolute Gasteiger partial charge is 0.332 e. The van der Waals surface area contributed by atoms with E-state index < -0.39 is 0 Å². The highest BCUT2D eigenvalue weighted by Crippen LogP contribution is 2.28. The minimum absolute atomic E-state index is 0.566. The highest BCUT2D eigenvalue weighted by atomic mass is 35.5. The van der Waals surface area contributed by atoms with E-state index in [-0.39, 0.29) is 0 Å². The fraction of sp³-hybridized carbons (Fsp3) is 0.308. The van der Waals surface area contributed by atoms with Gasteiger partial charge in [0.25, 0.3) is 0 Å². The second-order valence-corrected chi connectivity index (χ2v) is 4.58. The molecule has 0 spiro atoms. The summed E-state index contributed by atoms with van der Waals surface area (Å²) in [7, 11) is 0. The van der Waals surface area contributed by atoms with Crippen LogP contribution in [0.15, 0.2) is 18.2 Å². The number of hydrogen-bond donors (Lipinski definition) is 2. The van der Waals surface area contributed by atoms with Gasteiger partial charge in [0.2, 0.25) is 0 Å². The van der Waals surface area contributed by atoms with Crippen molar-refractivity contribution in [1.29, 1.82) is 0 Å². The highest BCUT2D eigenvalue weighted by molar-refractivity contribution is 6.32. The van der Waals surface area contributed by atoms with Crippen LogP contribution in [0.1, 0.15) is 17.0 Å². The van der Waals surface area contributed by atoms with E-state index in [1.54, 1.807) is 0 Å². The van der Waals surface area contributed by atoms with Gasteiger partial charge < -0.3 is 10.7 Å². The number of nitrogens with two attached hydrogens (primary N) is 1. The fourth-order valence-corrected chi connectivity index (χ4v) is 2.16. The molecule has 1 heterocycles. The predicted octanol–water partition coefficient (Wildman–Crippen LogP) is 2.85. The Bertz CT molecular complexity index is 531. The lowest BCUT2D eigenvalue weighted by Gasteiger charge is -2.04. The average Bonchev–Trinajstić information content (AvgIpc) is 2.60. The number of rotatable bonds is 3. The van der Waals surface area contributed by atoms with Crippen LogP contribution in [-0.4, -0.2) is 16.5 Å². The second kappa shape index (κ2) is 4.90. The van der Waals surface area contributed by atoms with Crippen molar-refractivity contribution in [2.24, 2.45) is 5.73 Å². The molecule has 1 aromatic carbocycles. The molecule has 0 saturated carbocycles. The zero-order chi connectivity index (χ0) is 12.4. The van der Waals surface area contributed by atoms with Crippen LogP contribution in [0.4, 0.5) is 0 Å². The van der Waals surface area contributed by atoms with Crippen molar-refractivity contribution in [2.45, 2.75) is 20.3 Å². The third-order valence-electron chi connectivity index (χ3n) is 2.73. The van der Waals surface area contributed by atoms with Crippen molar-refractivity contribution in [3.05, 3.63) is 40.3 Å². The summed E-state index contributed by atoms with van der Waals surface area (Å²) in [6.07, 6.45) is 0.713. The summed E-state index contributed by atoms with van der Waals surface area (Å²) in [6, 6.07) is 6.25. The first-order valence-corrected chi connectivity index (χ1v) is 6.01. The molecule has 0 saturated heterocycles. The Morgan fingerprint density at radius 1 is 1.35 bits per heavy atom. The molecule has 17 heavy (non-hydrogen) atoms. The number of H-pyrrole nitrogens is 1. The fourth-order valence-electron chi connectivity index (χ4n) is 1.91. The van der Waals surface area contributed by atoms with Crippen LogP contribution in [0.5, 0.6) is 0 Å². The topological polar surface area (TPSA) is 54.7 Å². The van der Waals surface area contributed by atoms with E-state index in [1.165, 1.54) is 11.1 Å². The van der Waals surface area contributed by atoms with Gasteiger partial charge >= 0.3 is 0 Å². The summed E-state index contributed by atoms with van der Waals surface area (Å²) in [5.41, 5.74) is 9.80. The molecule has 0 aliphatic carbocycles. The standard InChI is InChI=1S/C13H16ClN3/c1-8-3-4-10(9(2)7-8)12-13(14)17-11(16-12)5-6-15/h3-4,7H,5-6,15H2,1-2H3,(H,16,17). The van der Waals surface area contributed by atoms with Gasteiger partial charge in [-0.2, -0.15) is 0 Å². The SMILES string of the molecule is Cc1ccc(-c2nc(CCN)[nH]c2Cl)c(C)c1. The maximum Gasteiger partial charge on any atom is 0.134 e. The van der Waals surface area contributed by atoms with Gasteiger partial charge in [0.15, 0.2) is 0 Å². The number of halogens is 1. The molecule has 1 aromatic heterocycles. The van der Waals surface area contributed by atoms with Crippen molar-refractivity contribution in [3.8, 4) is 11.3 Å². The maximum absolute atomic E-state index is 6.17. The van der Waals surface area contributed by atoms with Crippen molar-refractivity contribution in [1.82, 2.24) is 9.97 Å². The number of aromatic nitrogens is 2. The third kappa shape index (κ3) is 2.51. The van der Waals surface area contributed by atoms with Gasteiger partial charge in [-0.25, -0.2) is 4.98 Å². The molecule has 90 valence electrons. The number of nitrogens with zero attached hydrogens (tertiary/aromatic N) is 1. The van der Waals surface area contributed by atoms with Crippen molar-refractivity contribution < 1.29 is 0 Å². The van der Waals surface area contributed by atoms with E-state index >= 15 is 0 Å². The number of benzene rings is 1. The first-order chi connectivity index (χ1) is 8.11. The summed E-state index contributed by atoms with van der Waals surface area (Å²) in [6.45, 7) is 4.70. The van der Waals surface area contributed by atoms with Crippen LogP contribution in [0.3, 0.4) is 0 Å². The summed E-state index contributed by atoms with van der Waals surface area (Å²) >= 11 is 6.17. The number of imidazole rings is 1. The average molecular weight is 250 g/mol. The van der Waals surface area contributed by atoms with Gasteiger partial charge in [-0.1, -0.05) is 35.4 Å². The number of hydrogen-bond acceptors (Lipinski definition) is 2. The number of aromatic amines is 1. The van der Waals surface area contributed by atoms with Crippen LogP contribution >= 0.6 is 11.6 Å². The molecule has 0 unspecified atom stereocenters. The molecular weight excluding hydrogens is 234 g/mol. The Labute approximate surface area is 106 Å². The number of aryl methyl sites for hydroxylation is 2. The zero-order valence-electron chi connectivity index (χ0n) is 10.0. The van der Waals surface area contributed by atoms with Gasteiger partial charge in [-0.15, -0.1) is 0 Å². The van der Waals surface area contributed by atoms with Crippen molar-refractivity contribution >= 4 is 11.6 Å². The van der Waals surface area contributed by atoms with Gasteiger partial charge in [-0.05, 0) is 26.0 Å². The Morgan fingerprint density at radius 3 is 2.76 bits per heavy atom. The molecule has 0 atom stereocenters. The molecule has 0 aliphatic rings. The lowest BCUT2D eigenvalue weighted by atomic mass is 10.0. The van der Waals surface area contributed by atoms with E-state index in [2.05, 4.69) is 42.0 Å². The van der Waals surface area contributed by atoms with E-state index in [9.17, 15) is 0 Å². The molecule has 2 rings (SSSR count). The zero-order valence-corrected chi connectivity index (χ0v) is 10.8. The molecule has 0 radical (unpaired) electrons. The second-order valence-electron chi connectivity index (χ2n) is 4.20. The van der Waals surface area contributed by atoms with Crippen LogP contribution in [0.2, 0.25) is 5.15 Å². The molecule has 3 nitrogen and oxygen atoms in total. The van der Waals surface area contributed by atoms with Crippen LogP contribution < -0.4 is 5.73 Å². The van der Waals surface area contributed by atoms with E-state index in [0.29, 0.717) is 18.1 Å². The Kier molecular flexibility index (Phi) is 3.50. The first kappa shape index (κ1) is 12.1. The minimum Gasteiger partial charge on any atom is -0.332 e. The summed E-state index contributed by atoms with van der Waals surface area (Å²) < 4.78 is 0. The Hall–Kier alpha value is -1.32. The Balaban J connectivity index is 2.45. The predicted molar refractivity (Wildman–Crippen MR) is 71.3 cm³/mol. The minimum atomic E-state index is 0.566. The van der Waals surface area contributed by atoms with Gasteiger partial charge in [-0.3, -0.25) is 0 Å². The maximum atomic E-state index is 6.17. The van der Waals surface area contributed by atoms with Crippen molar-refractivity contribution in [3.63, 3.8) is 0 Å². The number of nitrogens with one attached hydrogen (secondary N) is 1. The van der Waals surface area contributed by atoms with Crippen molar-refractivity contribution in [2.75, 3.05) is 6.54 Å². The van der Waals surface area contributed by atoms with Gasteiger partial charge in [0.05, 0.1) is 0 Å². The summed E-state index contributed by atoms with van der Waals surface area (Å²) in [5, 5.41) is 0.584. The normalized spacial score (nSPS) is 10.8. The third-order valence-corrected chi connectivity index (χ3v) is 3.00. The molecule has 0 amide bonds. The van der Waals surface area contributed by atoms with Gasteiger partial charge in [0, 0.05) is 12.0 Å². The van der Waals surface area contributed by atoms with E-state index in [4.69, 9.17) is 17.3 Å². The quantitative estimate of drug-likeness (QED) is 0.879. The lowest BCUT2D eigenvalue weighted by Crippen LogP contribution is -2.03. The van der Waals surface area contributed by atoms with Crippen LogP contribution in [-0.2, 0) is 6.42 Å². The monoisotopic (exact) mass is 249 g/mol. The van der Waals surface area contributed by atoms with E-state index in [1.807, 2.05) is 0 Å². The molecule has 0 aliphatic heterocycles. The molecular formula is C13H16ClN3. The van der Waals surface area contributed by atoms with Crippen LogP contribution in [0, 0.1) is 13.8 Å². The highest BCUT2D eigenvalue weighted by Gasteiger charge is 2.12. The summed E-state index contributed by atoms with van der Waals surface area (Å²) in [5.74, 6) is 0.840. The summed E-state index contributed by atoms with van der Waals surface area (Å²) in [4.78, 5) is 7.55. The van der Waals surface area contributed by atoms with Gasteiger partial charge in [0.1, 0.15) is 16.7 Å². The molecule has 0 bridgehead atoms. The first-order valence-electron chi connectivity index (χ1n) is 5.64. The lowest BCUT2D eigenvalue weighted by molar-refractivity contribution is 0.895.